The third kappa shape index (κ3) is 4.21. The molecule has 0 aliphatic carbocycles. The van der Waals surface area contributed by atoms with Gasteiger partial charge >= 0.3 is 0 Å². The number of methoxy groups -OCH3 is 2. The van der Waals surface area contributed by atoms with Gasteiger partial charge < -0.3 is 14.8 Å². The first-order chi connectivity index (χ1) is 10.6. The maximum atomic E-state index is 12.9. The fourth-order valence-corrected chi connectivity index (χ4v) is 2.33. The number of nitrogens with one attached hydrogen (secondary N) is 1. The standard InChI is InChI=1S/C18H22FNO2/c1-13(15-5-7-16(19)8-6-15)11-20-12-14-4-9-17(21-2)18(10-14)22-3/h4-10,13,20H,11-12H2,1-3H3. The van der Waals surface area contributed by atoms with Gasteiger partial charge in [0.25, 0.3) is 0 Å². The Bertz CT molecular complexity index is 599. The summed E-state index contributed by atoms with van der Waals surface area (Å²) in [5, 5.41) is 3.41. The van der Waals surface area contributed by atoms with Gasteiger partial charge in [-0.15, -0.1) is 0 Å². The van der Waals surface area contributed by atoms with Crippen LogP contribution in [0, 0.1) is 5.82 Å². The highest BCUT2D eigenvalue weighted by molar-refractivity contribution is 5.42. The van der Waals surface area contributed by atoms with E-state index in [1.165, 1.54) is 12.1 Å². The smallest absolute Gasteiger partial charge is 0.161 e. The number of hydrogen-bond donors (Lipinski definition) is 1. The summed E-state index contributed by atoms with van der Waals surface area (Å²) in [5.74, 6) is 1.58. The second-order valence-electron chi connectivity index (χ2n) is 5.27. The Morgan fingerprint density at radius 1 is 1.00 bits per heavy atom. The minimum atomic E-state index is -0.200. The summed E-state index contributed by atoms with van der Waals surface area (Å²) in [6, 6.07) is 12.5. The zero-order chi connectivity index (χ0) is 15.9. The minimum absolute atomic E-state index is 0.200. The van der Waals surface area contributed by atoms with E-state index in [1.807, 2.05) is 30.3 Å². The Hall–Kier alpha value is -2.07. The van der Waals surface area contributed by atoms with Crippen molar-refractivity contribution in [3.05, 3.63) is 59.4 Å². The maximum absolute atomic E-state index is 12.9. The van der Waals surface area contributed by atoms with E-state index < -0.39 is 0 Å². The molecule has 0 amide bonds. The molecule has 0 aliphatic rings. The fraction of sp³-hybridized carbons (Fsp3) is 0.333. The van der Waals surface area contributed by atoms with Gasteiger partial charge in [0.05, 0.1) is 14.2 Å². The van der Waals surface area contributed by atoms with Crippen molar-refractivity contribution in [1.82, 2.24) is 5.32 Å². The summed E-state index contributed by atoms with van der Waals surface area (Å²) < 4.78 is 23.4. The van der Waals surface area contributed by atoms with Gasteiger partial charge in [0.1, 0.15) is 5.82 Å². The molecule has 0 saturated heterocycles. The lowest BCUT2D eigenvalue weighted by atomic mass is 10.0. The van der Waals surface area contributed by atoms with E-state index in [2.05, 4.69) is 12.2 Å². The normalized spacial score (nSPS) is 12.0. The summed E-state index contributed by atoms with van der Waals surface area (Å²) in [6.45, 7) is 3.68. The third-order valence-electron chi connectivity index (χ3n) is 3.67. The van der Waals surface area contributed by atoms with Crippen LogP contribution in [0.25, 0.3) is 0 Å². The molecule has 1 unspecified atom stereocenters. The lowest BCUT2D eigenvalue weighted by molar-refractivity contribution is 0.354. The van der Waals surface area contributed by atoms with Gasteiger partial charge in [0.15, 0.2) is 11.5 Å². The molecule has 2 rings (SSSR count). The van der Waals surface area contributed by atoms with E-state index >= 15 is 0 Å². The van der Waals surface area contributed by atoms with Crippen molar-refractivity contribution in [2.75, 3.05) is 20.8 Å². The van der Waals surface area contributed by atoms with Crippen LogP contribution in [0.4, 0.5) is 4.39 Å². The van der Waals surface area contributed by atoms with Crippen LogP contribution in [0.1, 0.15) is 24.0 Å². The monoisotopic (exact) mass is 303 g/mol. The molecule has 0 spiro atoms. The van der Waals surface area contributed by atoms with Crippen LogP contribution in [0.3, 0.4) is 0 Å². The second-order valence-corrected chi connectivity index (χ2v) is 5.27. The lowest BCUT2D eigenvalue weighted by Crippen LogP contribution is -2.19. The zero-order valence-corrected chi connectivity index (χ0v) is 13.2. The Labute approximate surface area is 131 Å². The Morgan fingerprint density at radius 3 is 2.32 bits per heavy atom. The molecule has 0 fully saturated rings. The molecule has 0 radical (unpaired) electrons. The predicted molar refractivity (Wildman–Crippen MR) is 86.1 cm³/mol. The molecule has 0 bridgehead atoms. The number of halogens is 1. The summed E-state index contributed by atoms with van der Waals surface area (Å²) >= 11 is 0. The van der Waals surface area contributed by atoms with Gasteiger partial charge in [-0.05, 0) is 41.3 Å². The van der Waals surface area contributed by atoms with E-state index in [4.69, 9.17) is 9.47 Å². The molecular formula is C18H22FNO2. The van der Waals surface area contributed by atoms with E-state index in [1.54, 1.807) is 14.2 Å². The van der Waals surface area contributed by atoms with Crippen molar-refractivity contribution in [3.63, 3.8) is 0 Å². The van der Waals surface area contributed by atoms with Crippen molar-refractivity contribution in [2.24, 2.45) is 0 Å². The Morgan fingerprint density at radius 2 is 1.68 bits per heavy atom. The molecule has 0 heterocycles. The molecule has 22 heavy (non-hydrogen) atoms. The van der Waals surface area contributed by atoms with Gasteiger partial charge in [0, 0.05) is 13.1 Å². The highest BCUT2D eigenvalue weighted by atomic mass is 19.1. The van der Waals surface area contributed by atoms with Gasteiger partial charge in [-0.3, -0.25) is 0 Å². The van der Waals surface area contributed by atoms with Gasteiger partial charge in [0.2, 0.25) is 0 Å². The first-order valence-electron chi connectivity index (χ1n) is 7.31. The Kier molecular flexibility index (Phi) is 5.78. The van der Waals surface area contributed by atoms with E-state index in [0.29, 0.717) is 5.92 Å². The first kappa shape index (κ1) is 16.3. The van der Waals surface area contributed by atoms with Crippen LogP contribution in [0.15, 0.2) is 42.5 Å². The van der Waals surface area contributed by atoms with Crippen LogP contribution in [-0.2, 0) is 6.54 Å². The average Bonchev–Trinajstić information content (AvgIpc) is 2.55. The molecule has 0 saturated carbocycles. The van der Waals surface area contributed by atoms with Crippen LogP contribution in [0.2, 0.25) is 0 Å². The molecule has 3 nitrogen and oxygen atoms in total. The van der Waals surface area contributed by atoms with Crippen LogP contribution >= 0.6 is 0 Å². The topological polar surface area (TPSA) is 30.5 Å². The first-order valence-corrected chi connectivity index (χ1v) is 7.31. The van der Waals surface area contributed by atoms with Crippen LogP contribution in [0.5, 0.6) is 11.5 Å². The van der Waals surface area contributed by atoms with E-state index in [9.17, 15) is 4.39 Å². The van der Waals surface area contributed by atoms with E-state index in [-0.39, 0.29) is 5.82 Å². The van der Waals surface area contributed by atoms with Crippen molar-refractivity contribution in [3.8, 4) is 11.5 Å². The summed E-state index contributed by atoms with van der Waals surface area (Å²) in [7, 11) is 3.26. The SMILES string of the molecule is COc1ccc(CNCC(C)c2ccc(F)cc2)cc1OC. The number of ether oxygens (including phenoxy) is 2. The fourth-order valence-electron chi connectivity index (χ4n) is 2.33. The lowest BCUT2D eigenvalue weighted by Gasteiger charge is -2.14. The van der Waals surface area contributed by atoms with Crippen molar-refractivity contribution < 1.29 is 13.9 Å². The quantitative estimate of drug-likeness (QED) is 0.845. The molecule has 2 aromatic carbocycles. The summed E-state index contributed by atoms with van der Waals surface area (Å²) in [5.41, 5.74) is 2.25. The van der Waals surface area contributed by atoms with Gasteiger partial charge in [-0.1, -0.05) is 25.1 Å². The molecule has 0 aliphatic heterocycles. The van der Waals surface area contributed by atoms with Crippen molar-refractivity contribution in [2.45, 2.75) is 19.4 Å². The molecule has 0 aromatic heterocycles. The van der Waals surface area contributed by atoms with Gasteiger partial charge in [-0.2, -0.15) is 0 Å². The van der Waals surface area contributed by atoms with Crippen LogP contribution in [-0.4, -0.2) is 20.8 Å². The van der Waals surface area contributed by atoms with Crippen molar-refractivity contribution >= 4 is 0 Å². The predicted octanol–water partition coefficient (Wildman–Crippen LogP) is 3.74. The van der Waals surface area contributed by atoms with Crippen molar-refractivity contribution in [1.29, 1.82) is 0 Å². The molecule has 1 N–H and O–H groups in total. The molecule has 2 aromatic rings. The highest BCUT2D eigenvalue weighted by Crippen LogP contribution is 2.27. The average molecular weight is 303 g/mol. The largest absolute Gasteiger partial charge is 0.493 e. The maximum Gasteiger partial charge on any atom is 0.161 e. The Balaban J connectivity index is 1.89. The van der Waals surface area contributed by atoms with Crippen LogP contribution < -0.4 is 14.8 Å². The molecule has 4 heteroatoms. The number of benzene rings is 2. The molecule has 1 atom stereocenters. The van der Waals surface area contributed by atoms with Gasteiger partial charge in [-0.25, -0.2) is 4.39 Å². The number of rotatable bonds is 7. The number of hydrogen-bond acceptors (Lipinski definition) is 3. The minimum Gasteiger partial charge on any atom is -0.493 e. The highest BCUT2D eigenvalue weighted by Gasteiger charge is 2.07. The molecule has 118 valence electrons. The molecular weight excluding hydrogens is 281 g/mol. The third-order valence-corrected chi connectivity index (χ3v) is 3.67. The summed E-state index contributed by atoms with van der Waals surface area (Å²) in [4.78, 5) is 0. The zero-order valence-electron chi connectivity index (χ0n) is 13.2. The summed E-state index contributed by atoms with van der Waals surface area (Å²) in [6.07, 6.45) is 0. The second kappa shape index (κ2) is 7.80. The van der Waals surface area contributed by atoms with E-state index in [0.717, 1.165) is 35.7 Å².